The Morgan fingerprint density at radius 3 is 2.54 bits per heavy atom. The predicted molar refractivity (Wildman–Crippen MR) is 55.1 cm³/mol. The van der Waals surface area contributed by atoms with Gasteiger partial charge in [-0.15, -0.1) is 11.3 Å². The second-order valence-electron chi connectivity index (χ2n) is 2.61. The minimum atomic E-state index is 0.587. The lowest BCUT2D eigenvalue weighted by Gasteiger charge is -1.95. The van der Waals surface area contributed by atoms with Gasteiger partial charge in [0.15, 0.2) is 4.47 Å². The molecule has 0 saturated carbocycles. The summed E-state index contributed by atoms with van der Waals surface area (Å²) in [7, 11) is 0. The second-order valence-corrected chi connectivity index (χ2v) is 4.39. The molecule has 0 aliphatic heterocycles. The van der Waals surface area contributed by atoms with Gasteiger partial charge in [0, 0.05) is 22.8 Å². The van der Waals surface area contributed by atoms with Crippen LogP contribution >= 0.6 is 22.9 Å². The fourth-order valence-corrected chi connectivity index (χ4v) is 2.22. The van der Waals surface area contributed by atoms with Crippen LogP contribution in [0.3, 0.4) is 0 Å². The Kier molecular flexibility index (Phi) is 2.29. The molecule has 2 aromatic rings. The molecule has 0 aromatic carbocycles. The summed E-state index contributed by atoms with van der Waals surface area (Å²) >= 11 is 7.31. The lowest BCUT2D eigenvalue weighted by molar-refractivity contribution is 1.30. The molecule has 13 heavy (non-hydrogen) atoms. The fraction of sp³-hybridized carbons (Fsp3) is 0.111. The van der Waals surface area contributed by atoms with Gasteiger partial charge in [-0.2, -0.15) is 0 Å². The maximum Gasteiger partial charge on any atom is 0.184 e. The highest BCUT2D eigenvalue weighted by molar-refractivity contribution is 7.16. The fourth-order valence-electron chi connectivity index (χ4n) is 1.14. The van der Waals surface area contributed by atoms with Crippen molar-refractivity contribution in [3.05, 3.63) is 33.9 Å². The molecule has 4 heteroatoms. The molecule has 0 saturated heterocycles. The van der Waals surface area contributed by atoms with Crippen LogP contribution in [0.5, 0.6) is 0 Å². The average molecular weight is 211 g/mol. The van der Waals surface area contributed by atoms with Gasteiger partial charge in [0.1, 0.15) is 0 Å². The monoisotopic (exact) mass is 210 g/mol. The van der Waals surface area contributed by atoms with Gasteiger partial charge in [0.2, 0.25) is 0 Å². The van der Waals surface area contributed by atoms with Gasteiger partial charge in [0.05, 0.1) is 5.69 Å². The number of nitrogens with zero attached hydrogens (tertiary/aromatic N) is 2. The van der Waals surface area contributed by atoms with Gasteiger partial charge in [-0.3, -0.25) is 4.98 Å². The molecule has 2 heterocycles. The van der Waals surface area contributed by atoms with Gasteiger partial charge in [-0.1, -0.05) is 11.6 Å². The lowest BCUT2D eigenvalue weighted by Crippen LogP contribution is -1.80. The van der Waals surface area contributed by atoms with Crippen LogP contribution in [0.15, 0.2) is 24.5 Å². The summed E-state index contributed by atoms with van der Waals surface area (Å²) in [6, 6.07) is 3.86. The summed E-state index contributed by atoms with van der Waals surface area (Å²) in [6.45, 7) is 2.01. The van der Waals surface area contributed by atoms with Crippen LogP contribution in [-0.4, -0.2) is 9.97 Å². The highest BCUT2D eigenvalue weighted by Gasteiger charge is 2.07. The van der Waals surface area contributed by atoms with Crippen molar-refractivity contribution in [1.29, 1.82) is 0 Å². The Morgan fingerprint density at radius 1 is 1.31 bits per heavy atom. The minimum Gasteiger partial charge on any atom is -0.265 e. The summed E-state index contributed by atoms with van der Waals surface area (Å²) in [5.41, 5.74) is 2.02. The highest BCUT2D eigenvalue weighted by Crippen LogP contribution is 2.29. The maximum absolute atomic E-state index is 5.81. The van der Waals surface area contributed by atoms with Gasteiger partial charge < -0.3 is 0 Å². The van der Waals surface area contributed by atoms with Crippen molar-refractivity contribution in [2.75, 3.05) is 0 Å². The van der Waals surface area contributed by atoms with Crippen molar-refractivity contribution >= 4 is 22.9 Å². The van der Waals surface area contributed by atoms with Crippen molar-refractivity contribution in [2.24, 2.45) is 0 Å². The number of halogens is 1. The smallest absolute Gasteiger partial charge is 0.184 e. The molecule has 0 aliphatic rings. The normalized spacial score (nSPS) is 10.3. The quantitative estimate of drug-likeness (QED) is 0.723. The van der Waals surface area contributed by atoms with Crippen LogP contribution in [0.1, 0.15) is 4.88 Å². The zero-order valence-electron chi connectivity index (χ0n) is 6.99. The number of rotatable bonds is 1. The van der Waals surface area contributed by atoms with Crippen LogP contribution in [0.25, 0.3) is 11.3 Å². The number of thiazole rings is 1. The Bertz CT molecular complexity index is 411. The average Bonchev–Trinajstić information content (AvgIpc) is 2.47. The molecule has 0 amide bonds. The Labute approximate surface area is 85.2 Å². The maximum atomic E-state index is 5.81. The largest absolute Gasteiger partial charge is 0.265 e. The standard InChI is InChI=1S/C9H7ClN2S/c1-6-8(12-9(10)13-6)7-2-4-11-5-3-7/h2-5H,1H3. The Hall–Kier alpha value is -0.930. The molecule has 2 aromatic heterocycles. The molecule has 0 atom stereocenters. The third-order valence-electron chi connectivity index (χ3n) is 1.72. The third kappa shape index (κ3) is 1.71. The zero-order valence-corrected chi connectivity index (χ0v) is 8.56. The number of aryl methyl sites for hydroxylation is 1. The van der Waals surface area contributed by atoms with Crippen LogP contribution in [0, 0.1) is 6.92 Å². The first-order valence-electron chi connectivity index (χ1n) is 3.80. The predicted octanol–water partition coefficient (Wildman–Crippen LogP) is 3.17. The van der Waals surface area contributed by atoms with Crippen LogP contribution in [-0.2, 0) is 0 Å². The third-order valence-corrected chi connectivity index (χ3v) is 2.80. The molecule has 0 fully saturated rings. The first-order valence-corrected chi connectivity index (χ1v) is 5.00. The van der Waals surface area contributed by atoms with Gasteiger partial charge >= 0.3 is 0 Å². The number of hydrogen-bond acceptors (Lipinski definition) is 3. The molecule has 0 spiro atoms. The number of aromatic nitrogens is 2. The van der Waals surface area contributed by atoms with E-state index in [2.05, 4.69) is 9.97 Å². The molecule has 0 unspecified atom stereocenters. The molecule has 2 nitrogen and oxygen atoms in total. The van der Waals surface area contributed by atoms with E-state index >= 15 is 0 Å². The Balaban J connectivity index is 2.53. The van der Waals surface area contributed by atoms with E-state index in [1.54, 1.807) is 12.4 Å². The molecule has 0 radical (unpaired) electrons. The zero-order chi connectivity index (χ0) is 9.26. The van der Waals surface area contributed by atoms with Crippen LogP contribution in [0.4, 0.5) is 0 Å². The van der Waals surface area contributed by atoms with E-state index in [1.165, 1.54) is 11.3 Å². The molecular formula is C9H7ClN2S. The summed E-state index contributed by atoms with van der Waals surface area (Å²) in [4.78, 5) is 9.32. The van der Waals surface area contributed by atoms with Crippen molar-refractivity contribution in [3.63, 3.8) is 0 Å². The van der Waals surface area contributed by atoms with Crippen molar-refractivity contribution in [2.45, 2.75) is 6.92 Å². The van der Waals surface area contributed by atoms with E-state index in [-0.39, 0.29) is 0 Å². The van der Waals surface area contributed by atoms with Gasteiger partial charge in [0.25, 0.3) is 0 Å². The molecule has 66 valence electrons. The van der Waals surface area contributed by atoms with Gasteiger partial charge in [-0.25, -0.2) is 4.98 Å². The summed E-state index contributed by atoms with van der Waals surface area (Å²) in [5.74, 6) is 0. The molecule has 0 aliphatic carbocycles. The van der Waals surface area contributed by atoms with E-state index < -0.39 is 0 Å². The van der Waals surface area contributed by atoms with Crippen molar-refractivity contribution in [3.8, 4) is 11.3 Å². The summed E-state index contributed by atoms with van der Waals surface area (Å²) in [6.07, 6.45) is 3.50. The lowest BCUT2D eigenvalue weighted by atomic mass is 10.2. The first-order chi connectivity index (χ1) is 6.27. The van der Waals surface area contributed by atoms with E-state index in [4.69, 9.17) is 11.6 Å². The van der Waals surface area contributed by atoms with Crippen LogP contribution in [0.2, 0.25) is 4.47 Å². The van der Waals surface area contributed by atoms with Crippen molar-refractivity contribution < 1.29 is 0 Å². The summed E-state index contributed by atoms with van der Waals surface area (Å²) in [5, 5.41) is 0. The van der Waals surface area contributed by atoms with E-state index in [0.29, 0.717) is 4.47 Å². The number of hydrogen-bond donors (Lipinski definition) is 0. The highest BCUT2D eigenvalue weighted by atomic mass is 35.5. The molecule has 2 rings (SSSR count). The van der Waals surface area contributed by atoms with E-state index in [9.17, 15) is 0 Å². The number of pyridine rings is 1. The van der Waals surface area contributed by atoms with E-state index in [1.807, 2.05) is 19.1 Å². The SMILES string of the molecule is Cc1sc(Cl)nc1-c1ccncc1. The summed E-state index contributed by atoms with van der Waals surface area (Å²) < 4.78 is 0.587. The van der Waals surface area contributed by atoms with Crippen molar-refractivity contribution in [1.82, 2.24) is 9.97 Å². The second kappa shape index (κ2) is 3.44. The minimum absolute atomic E-state index is 0.587. The molecular weight excluding hydrogens is 204 g/mol. The Morgan fingerprint density at radius 2 is 2.00 bits per heavy atom. The first kappa shape index (κ1) is 8.66. The van der Waals surface area contributed by atoms with E-state index in [0.717, 1.165) is 16.1 Å². The van der Waals surface area contributed by atoms with Crippen LogP contribution < -0.4 is 0 Å². The molecule has 0 N–H and O–H groups in total. The topological polar surface area (TPSA) is 25.8 Å². The molecule has 0 bridgehead atoms. The van der Waals surface area contributed by atoms with Gasteiger partial charge in [-0.05, 0) is 19.1 Å².